The molecule has 0 spiro atoms. The van der Waals surface area contributed by atoms with Gasteiger partial charge in [-0.2, -0.15) is 0 Å². The zero-order valence-corrected chi connectivity index (χ0v) is 21.6. The second-order valence-corrected chi connectivity index (χ2v) is 14.8. The molecule has 0 radical (unpaired) electrons. The van der Waals surface area contributed by atoms with Gasteiger partial charge in [0.25, 0.3) is 0 Å². The van der Waals surface area contributed by atoms with E-state index in [0.29, 0.717) is 23.7 Å². The second kappa shape index (κ2) is 8.46. The Balaban J connectivity index is 2.10. The Morgan fingerprint density at radius 1 is 0.969 bits per heavy atom. The van der Waals surface area contributed by atoms with Crippen LogP contribution in [0.3, 0.4) is 0 Å². The van der Waals surface area contributed by atoms with Crippen LogP contribution >= 0.6 is 0 Å². The predicted octanol–water partition coefficient (Wildman–Crippen LogP) is 4.34. The topological polar surface area (TPSA) is 74.3 Å². The highest BCUT2D eigenvalue weighted by Gasteiger charge is 2.52. The zero-order chi connectivity index (χ0) is 24.0. The molecule has 0 aromatic heterocycles. The zero-order valence-electron chi connectivity index (χ0n) is 20.6. The fraction of sp³-hybridized carbons (Fsp3) is 0.583. The highest BCUT2D eigenvalue weighted by atomic mass is 28.4. The summed E-state index contributed by atoms with van der Waals surface area (Å²) >= 11 is 0. The fourth-order valence-corrected chi connectivity index (χ4v) is 5.38. The van der Waals surface area contributed by atoms with Crippen LogP contribution in [0.1, 0.15) is 38.7 Å². The monoisotopic (exact) mass is 461 g/mol. The van der Waals surface area contributed by atoms with E-state index in [0.717, 1.165) is 11.3 Å². The number of amides is 2. The van der Waals surface area contributed by atoms with Crippen LogP contribution in [-0.2, 0) is 14.0 Å². The van der Waals surface area contributed by atoms with E-state index >= 15 is 0 Å². The summed E-state index contributed by atoms with van der Waals surface area (Å²) in [5.74, 6) is 0.690. The Kier molecular flexibility index (Phi) is 6.39. The van der Waals surface area contributed by atoms with E-state index in [9.17, 15) is 9.59 Å². The lowest BCUT2D eigenvalue weighted by atomic mass is 9.73. The first kappa shape index (κ1) is 24.2. The SMILES string of the molecule is COc1cc([C@H]2CC(O[Si](C)(C)C(C)(C)C)=C[C@H]3C(=O)N(C)C(=O)[C@@H]23)cc(OC)c1OC. The van der Waals surface area contributed by atoms with Gasteiger partial charge in [0.05, 0.1) is 38.9 Å². The molecule has 2 amide bonds. The number of benzene rings is 1. The van der Waals surface area contributed by atoms with Crippen LogP contribution in [0, 0.1) is 11.8 Å². The maximum absolute atomic E-state index is 13.1. The van der Waals surface area contributed by atoms with E-state index in [4.69, 9.17) is 18.6 Å². The van der Waals surface area contributed by atoms with E-state index in [1.807, 2.05) is 18.2 Å². The van der Waals surface area contributed by atoms with E-state index in [2.05, 4.69) is 33.9 Å². The molecule has 1 aromatic carbocycles. The number of imide groups is 1. The molecule has 176 valence electrons. The normalized spacial score (nSPS) is 23.6. The summed E-state index contributed by atoms with van der Waals surface area (Å²) in [4.78, 5) is 27.2. The molecule has 1 saturated heterocycles. The molecule has 1 aliphatic carbocycles. The average molecular weight is 462 g/mol. The molecule has 32 heavy (non-hydrogen) atoms. The number of carbonyl (C=O) groups is 2. The molecule has 1 heterocycles. The van der Waals surface area contributed by atoms with Crippen LogP contribution in [0.2, 0.25) is 18.1 Å². The quantitative estimate of drug-likeness (QED) is 0.464. The minimum atomic E-state index is -2.12. The van der Waals surface area contributed by atoms with Crippen LogP contribution in [0.25, 0.3) is 0 Å². The van der Waals surface area contributed by atoms with Crippen molar-refractivity contribution in [2.24, 2.45) is 11.8 Å². The highest BCUT2D eigenvalue weighted by Crippen LogP contribution is 2.50. The lowest BCUT2D eigenvalue weighted by Crippen LogP contribution is -2.41. The smallest absolute Gasteiger partial charge is 0.250 e. The summed E-state index contributed by atoms with van der Waals surface area (Å²) in [5, 5.41) is 0.0129. The van der Waals surface area contributed by atoms with Gasteiger partial charge in [-0.1, -0.05) is 20.8 Å². The van der Waals surface area contributed by atoms with E-state index < -0.39 is 20.2 Å². The van der Waals surface area contributed by atoms with Crippen LogP contribution in [-0.4, -0.2) is 53.4 Å². The fourth-order valence-electron chi connectivity index (χ4n) is 4.27. The van der Waals surface area contributed by atoms with Crippen LogP contribution < -0.4 is 14.2 Å². The number of rotatable bonds is 6. The molecule has 8 heteroatoms. The summed E-state index contributed by atoms with van der Waals surface area (Å²) in [7, 11) is 4.11. The van der Waals surface area contributed by atoms with Gasteiger partial charge >= 0.3 is 0 Å². The molecule has 1 aliphatic heterocycles. The molecular weight excluding hydrogens is 426 g/mol. The third-order valence-corrected chi connectivity index (χ3v) is 11.5. The minimum Gasteiger partial charge on any atom is -0.547 e. The van der Waals surface area contributed by atoms with Crippen molar-refractivity contribution >= 4 is 20.1 Å². The average Bonchev–Trinajstić information content (AvgIpc) is 2.95. The van der Waals surface area contributed by atoms with E-state index in [1.54, 1.807) is 28.4 Å². The lowest BCUT2D eigenvalue weighted by Gasteiger charge is -2.40. The minimum absolute atomic E-state index is 0.0129. The van der Waals surface area contributed by atoms with Crippen LogP contribution in [0.15, 0.2) is 24.0 Å². The number of allylic oxidation sites excluding steroid dienone is 1. The summed E-state index contributed by atoms with van der Waals surface area (Å²) in [6.07, 6.45) is 2.41. The number of hydrogen-bond donors (Lipinski definition) is 0. The number of nitrogens with zero attached hydrogens (tertiary/aromatic N) is 1. The standard InChI is InChI=1S/C24H35NO6Si/c1-24(2,3)32(8,9)31-15-12-16(20-17(13-15)22(26)25(4)23(20)27)14-10-18(28-5)21(30-7)19(11-14)29-6/h10-11,13,16-17,20H,12H2,1-9H3/t16-,17-,20+/m1/s1. The van der Waals surface area contributed by atoms with Gasteiger partial charge in [0.2, 0.25) is 25.9 Å². The highest BCUT2D eigenvalue weighted by molar-refractivity contribution is 6.74. The van der Waals surface area contributed by atoms with Gasteiger partial charge in [-0.15, -0.1) is 0 Å². The third-order valence-electron chi connectivity index (χ3n) is 7.15. The summed E-state index contributed by atoms with van der Waals surface area (Å²) < 4.78 is 23.1. The van der Waals surface area contributed by atoms with Gasteiger partial charge in [0.15, 0.2) is 11.5 Å². The number of hydrogen-bond acceptors (Lipinski definition) is 6. The third kappa shape index (κ3) is 4.00. The van der Waals surface area contributed by atoms with Crippen molar-refractivity contribution in [2.45, 2.75) is 51.2 Å². The Morgan fingerprint density at radius 2 is 1.53 bits per heavy atom. The van der Waals surface area contributed by atoms with Crippen molar-refractivity contribution in [1.29, 1.82) is 0 Å². The van der Waals surface area contributed by atoms with E-state index in [1.165, 1.54) is 4.90 Å². The maximum Gasteiger partial charge on any atom is 0.250 e. The Hall–Kier alpha value is -2.48. The van der Waals surface area contributed by atoms with Crippen LogP contribution in [0.4, 0.5) is 0 Å². The maximum atomic E-state index is 13.1. The molecule has 0 bridgehead atoms. The molecule has 0 unspecified atom stereocenters. The number of ether oxygens (including phenoxy) is 3. The summed E-state index contributed by atoms with van der Waals surface area (Å²) in [6, 6.07) is 3.74. The number of carbonyl (C=O) groups excluding carboxylic acids is 2. The molecule has 2 aliphatic rings. The molecule has 0 N–H and O–H groups in total. The summed E-state index contributed by atoms with van der Waals surface area (Å²) in [6.45, 7) is 10.9. The molecule has 3 atom stereocenters. The van der Waals surface area contributed by atoms with Crippen molar-refractivity contribution in [1.82, 2.24) is 4.90 Å². The van der Waals surface area contributed by atoms with Gasteiger partial charge in [0.1, 0.15) is 0 Å². The first-order valence-electron chi connectivity index (χ1n) is 10.9. The molecule has 1 fully saturated rings. The molecule has 1 aromatic rings. The van der Waals surface area contributed by atoms with Gasteiger partial charge < -0.3 is 18.6 Å². The van der Waals surface area contributed by atoms with Crippen molar-refractivity contribution in [3.63, 3.8) is 0 Å². The first-order chi connectivity index (χ1) is 14.9. The van der Waals surface area contributed by atoms with Gasteiger partial charge in [-0.25, -0.2) is 0 Å². The molecule has 3 rings (SSSR count). The van der Waals surface area contributed by atoms with Gasteiger partial charge in [-0.05, 0) is 41.9 Å². The van der Waals surface area contributed by atoms with Crippen molar-refractivity contribution in [3.8, 4) is 17.2 Å². The Morgan fingerprint density at radius 3 is 2.00 bits per heavy atom. The van der Waals surface area contributed by atoms with Crippen molar-refractivity contribution in [3.05, 3.63) is 29.5 Å². The largest absolute Gasteiger partial charge is 0.547 e. The molecule has 0 saturated carbocycles. The molecular formula is C24H35NO6Si. The van der Waals surface area contributed by atoms with Crippen molar-refractivity contribution in [2.75, 3.05) is 28.4 Å². The van der Waals surface area contributed by atoms with Crippen molar-refractivity contribution < 1.29 is 28.2 Å². The Labute approximate surface area is 191 Å². The predicted molar refractivity (Wildman–Crippen MR) is 125 cm³/mol. The first-order valence-corrected chi connectivity index (χ1v) is 13.8. The van der Waals surface area contributed by atoms with E-state index in [-0.39, 0.29) is 22.8 Å². The van der Waals surface area contributed by atoms with Crippen LogP contribution in [0.5, 0.6) is 17.2 Å². The second-order valence-electron chi connectivity index (χ2n) is 10.1. The Bertz CT molecular complexity index is 923. The lowest BCUT2D eigenvalue weighted by molar-refractivity contribution is -0.138. The van der Waals surface area contributed by atoms with Gasteiger partial charge in [0, 0.05) is 19.4 Å². The van der Waals surface area contributed by atoms with Gasteiger partial charge in [-0.3, -0.25) is 14.5 Å². The molecule has 7 nitrogen and oxygen atoms in total. The number of methoxy groups -OCH3 is 3. The number of fused-ring (bicyclic) bond motifs is 1. The summed E-state index contributed by atoms with van der Waals surface area (Å²) in [5.41, 5.74) is 0.857. The number of likely N-dealkylation sites (tertiary alicyclic amines) is 1.